The van der Waals surface area contributed by atoms with Crippen molar-refractivity contribution in [2.75, 3.05) is 7.11 Å². The lowest BCUT2D eigenvalue weighted by molar-refractivity contribution is 0.0950. The molecule has 0 aliphatic heterocycles. The summed E-state index contributed by atoms with van der Waals surface area (Å²) in [6.45, 7) is 6.23. The Balaban J connectivity index is 1.76. The predicted octanol–water partition coefficient (Wildman–Crippen LogP) is 6.04. The summed E-state index contributed by atoms with van der Waals surface area (Å²) in [4.78, 5) is 17.4. The first-order valence-corrected chi connectivity index (χ1v) is 10.9. The molecule has 0 unspecified atom stereocenters. The predicted molar refractivity (Wildman–Crippen MR) is 131 cm³/mol. The van der Waals surface area contributed by atoms with Gasteiger partial charge in [-0.1, -0.05) is 36.4 Å². The molecule has 0 aliphatic carbocycles. The van der Waals surface area contributed by atoms with Crippen molar-refractivity contribution in [1.82, 2.24) is 10.3 Å². The molecule has 170 valence electrons. The molecule has 0 fully saturated rings. The lowest BCUT2D eigenvalue weighted by Crippen LogP contribution is -2.24. The highest BCUT2D eigenvalue weighted by molar-refractivity contribution is 5.95. The van der Waals surface area contributed by atoms with Crippen LogP contribution in [0.2, 0.25) is 0 Å². The molecule has 4 nitrogen and oxygen atoms in total. The summed E-state index contributed by atoms with van der Waals surface area (Å²) in [5.41, 5.74) is 6.53. The second-order valence-corrected chi connectivity index (χ2v) is 7.71. The molecule has 3 rings (SSSR count). The Bertz CT molecular complexity index is 1200. The van der Waals surface area contributed by atoms with Gasteiger partial charge in [-0.25, -0.2) is 4.39 Å². The zero-order valence-electron chi connectivity index (χ0n) is 19.5. The molecule has 0 atom stereocenters. The van der Waals surface area contributed by atoms with E-state index >= 15 is 0 Å². The zero-order chi connectivity index (χ0) is 23.8. The van der Waals surface area contributed by atoms with Gasteiger partial charge in [0.2, 0.25) is 0 Å². The highest BCUT2D eigenvalue weighted by atomic mass is 19.1. The molecule has 0 radical (unpaired) electrons. The van der Waals surface area contributed by atoms with Crippen LogP contribution < -0.4 is 10.1 Å². The van der Waals surface area contributed by atoms with E-state index in [4.69, 9.17) is 4.74 Å². The van der Waals surface area contributed by atoms with Crippen molar-refractivity contribution in [3.8, 4) is 5.75 Å². The highest BCUT2D eigenvalue weighted by Crippen LogP contribution is 2.21. The minimum atomic E-state index is -0.428. The Morgan fingerprint density at radius 3 is 2.67 bits per heavy atom. The third kappa shape index (κ3) is 5.95. The van der Waals surface area contributed by atoms with E-state index in [2.05, 4.69) is 16.4 Å². The number of hydrogen-bond donors (Lipinski definition) is 1. The molecule has 0 saturated heterocycles. The Hall–Kier alpha value is -3.73. The number of allylic oxidation sites excluding steroid dienone is 4. The van der Waals surface area contributed by atoms with Crippen LogP contribution >= 0.6 is 0 Å². The van der Waals surface area contributed by atoms with E-state index in [1.807, 2.05) is 69.5 Å². The van der Waals surface area contributed by atoms with E-state index in [1.165, 1.54) is 13.2 Å². The van der Waals surface area contributed by atoms with E-state index in [9.17, 15) is 9.18 Å². The molecule has 1 heterocycles. The van der Waals surface area contributed by atoms with Gasteiger partial charge in [-0.05, 0) is 85.4 Å². The Morgan fingerprint density at radius 1 is 1.12 bits per heavy atom. The quantitative estimate of drug-likeness (QED) is 0.431. The van der Waals surface area contributed by atoms with Crippen LogP contribution in [-0.4, -0.2) is 18.0 Å². The zero-order valence-corrected chi connectivity index (χ0v) is 19.5. The largest absolute Gasteiger partial charge is 0.494 e. The topological polar surface area (TPSA) is 51.2 Å². The van der Waals surface area contributed by atoms with Crippen LogP contribution in [0.1, 0.15) is 52.2 Å². The van der Waals surface area contributed by atoms with E-state index in [-0.39, 0.29) is 18.2 Å². The van der Waals surface area contributed by atoms with Gasteiger partial charge >= 0.3 is 0 Å². The second-order valence-electron chi connectivity index (χ2n) is 7.71. The van der Waals surface area contributed by atoms with Crippen LogP contribution in [0.3, 0.4) is 0 Å². The maximum atomic E-state index is 13.6. The first kappa shape index (κ1) is 23.9. The van der Waals surface area contributed by atoms with E-state index in [1.54, 1.807) is 12.1 Å². The third-order valence-electron chi connectivity index (χ3n) is 5.53. The maximum Gasteiger partial charge on any atom is 0.251 e. The average molecular weight is 445 g/mol. The summed E-state index contributed by atoms with van der Waals surface area (Å²) in [6, 6.07) is 14.4. The summed E-state index contributed by atoms with van der Waals surface area (Å²) >= 11 is 0. The van der Waals surface area contributed by atoms with Gasteiger partial charge < -0.3 is 10.1 Å². The summed E-state index contributed by atoms with van der Waals surface area (Å²) in [6.07, 6.45) is 8.60. The number of nitrogens with zero attached hydrogens (tertiary/aromatic N) is 1. The van der Waals surface area contributed by atoms with Crippen molar-refractivity contribution in [2.45, 2.75) is 33.7 Å². The minimum Gasteiger partial charge on any atom is -0.494 e. The number of carbonyl (C=O) groups excluding carboxylic acids is 1. The number of nitrogens with one attached hydrogen (secondary N) is 1. The van der Waals surface area contributed by atoms with Crippen molar-refractivity contribution in [2.24, 2.45) is 0 Å². The first-order chi connectivity index (χ1) is 16.0. The van der Waals surface area contributed by atoms with Gasteiger partial charge in [-0.15, -0.1) is 0 Å². The standard InChI is InChI=1S/C28H29FN2O2/c1-5-8-22(6-2)26-16-20(13-14-30-26)15-23-9-7-10-24(19(23)3)28(32)31-18-21-11-12-25(29)27(17-21)33-4/h5-14,16-17H,15,18H2,1-4H3,(H,31,32)/b8-5-,22-6+. The molecule has 0 saturated carbocycles. The van der Waals surface area contributed by atoms with Gasteiger partial charge in [0.25, 0.3) is 5.91 Å². The van der Waals surface area contributed by atoms with Crippen LogP contribution in [0.15, 0.2) is 73.0 Å². The van der Waals surface area contributed by atoms with Crippen molar-refractivity contribution in [3.63, 3.8) is 0 Å². The molecule has 0 spiro atoms. The number of amides is 1. The van der Waals surface area contributed by atoms with Crippen molar-refractivity contribution >= 4 is 11.5 Å². The summed E-state index contributed by atoms with van der Waals surface area (Å²) < 4.78 is 18.6. The minimum absolute atomic E-state index is 0.159. The number of benzene rings is 2. The molecule has 1 N–H and O–H groups in total. The van der Waals surface area contributed by atoms with Gasteiger partial charge in [-0.2, -0.15) is 0 Å². The number of aromatic nitrogens is 1. The monoisotopic (exact) mass is 444 g/mol. The van der Waals surface area contributed by atoms with Crippen LogP contribution in [0.4, 0.5) is 4.39 Å². The van der Waals surface area contributed by atoms with Crippen LogP contribution in [0, 0.1) is 12.7 Å². The summed E-state index contributed by atoms with van der Waals surface area (Å²) in [5.74, 6) is -0.438. The van der Waals surface area contributed by atoms with Gasteiger partial charge in [0, 0.05) is 18.3 Å². The first-order valence-electron chi connectivity index (χ1n) is 10.9. The lowest BCUT2D eigenvalue weighted by atomic mass is 9.96. The Morgan fingerprint density at radius 2 is 1.94 bits per heavy atom. The van der Waals surface area contributed by atoms with E-state index in [0.717, 1.165) is 33.5 Å². The van der Waals surface area contributed by atoms with Crippen molar-refractivity contribution in [1.29, 1.82) is 0 Å². The molecule has 0 bridgehead atoms. The average Bonchev–Trinajstić information content (AvgIpc) is 2.83. The number of halogens is 1. The molecule has 1 aromatic heterocycles. The molecular weight excluding hydrogens is 415 g/mol. The van der Waals surface area contributed by atoms with Gasteiger partial charge in [-0.3, -0.25) is 9.78 Å². The number of pyridine rings is 1. The second kappa shape index (κ2) is 11.2. The fourth-order valence-electron chi connectivity index (χ4n) is 3.68. The summed E-state index contributed by atoms with van der Waals surface area (Å²) in [5, 5.41) is 2.92. The van der Waals surface area contributed by atoms with Crippen LogP contribution in [0.5, 0.6) is 5.75 Å². The fraction of sp³-hybridized carbons (Fsp3) is 0.214. The van der Waals surface area contributed by atoms with Gasteiger partial charge in [0.1, 0.15) is 0 Å². The number of carbonyl (C=O) groups is 1. The van der Waals surface area contributed by atoms with Crippen molar-refractivity contribution in [3.05, 3.63) is 112 Å². The molecular formula is C28H29FN2O2. The lowest BCUT2D eigenvalue weighted by Gasteiger charge is -2.13. The van der Waals surface area contributed by atoms with E-state index in [0.29, 0.717) is 12.0 Å². The smallest absolute Gasteiger partial charge is 0.251 e. The van der Waals surface area contributed by atoms with Crippen molar-refractivity contribution < 1.29 is 13.9 Å². The Labute approximate surface area is 194 Å². The number of hydrogen-bond acceptors (Lipinski definition) is 3. The van der Waals surface area contributed by atoms with Gasteiger partial charge in [0.15, 0.2) is 11.6 Å². The number of rotatable bonds is 8. The SMILES string of the molecule is C/C=C\C(=C/C)c1cc(Cc2cccc(C(=O)NCc3ccc(F)c(OC)c3)c2C)ccn1. The molecule has 2 aromatic carbocycles. The molecule has 33 heavy (non-hydrogen) atoms. The van der Waals surface area contributed by atoms with Gasteiger partial charge in [0.05, 0.1) is 12.8 Å². The van der Waals surface area contributed by atoms with Crippen LogP contribution in [-0.2, 0) is 13.0 Å². The Kier molecular flexibility index (Phi) is 8.14. The molecule has 5 heteroatoms. The maximum absolute atomic E-state index is 13.6. The molecule has 1 amide bonds. The summed E-state index contributed by atoms with van der Waals surface area (Å²) in [7, 11) is 1.42. The molecule has 3 aromatic rings. The van der Waals surface area contributed by atoms with E-state index < -0.39 is 5.82 Å². The number of ether oxygens (including phenoxy) is 1. The number of methoxy groups -OCH3 is 1. The molecule has 0 aliphatic rings. The van der Waals surface area contributed by atoms with Crippen LogP contribution in [0.25, 0.3) is 5.57 Å². The third-order valence-corrected chi connectivity index (χ3v) is 5.53. The highest BCUT2D eigenvalue weighted by Gasteiger charge is 2.13. The normalized spacial score (nSPS) is 11.6. The fourth-order valence-corrected chi connectivity index (χ4v) is 3.68.